The Morgan fingerprint density at radius 1 is 0.909 bits per heavy atom. The molecule has 2 atom stereocenters. The minimum absolute atomic E-state index is 0.163. The highest BCUT2D eigenvalue weighted by molar-refractivity contribution is 7.80. The van der Waals surface area contributed by atoms with E-state index in [1.165, 1.54) is 5.56 Å². The SMILES string of the molecule is Cc1ccccc1-n1c(C)cc([C@@H]2[C@H](c3ccccn3)NC(=S)N2c2ccccc2O)c1C. The molecule has 6 heteroatoms. The van der Waals surface area contributed by atoms with Gasteiger partial charge in [-0.25, -0.2) is 0 Å². The van der Waals surface area contributed by atoms with Gasteiger partial charge in [-0.05, 0) is 80.5 Å². The van der Waals surface area contributed by atoms with Crippen molar-refractivity contribution in [1.29, 1.82) is 0 Å². The van der Waals surface area contributed by atoms with Gasteiger partial charge >= 0.3 is 0 Å². The minimum Gasteiger partial charge on any atom is -0.506 e. The van der Waals surface area contributed by atoms with E-state index >= 15 is 0 Å². The van der Waals surface area contributed by atoms with Gasteiger partial charge in [-0.2, -0.15) is 0 Å². The fourth-order valence-corrected chi connectivity index (χ4v) is 5.21. The minimum atomic E-state index is -0.176. The summed E-state index contributed by atoms with van der Waals surface area (Å²) in [4.78, 5) is 6.66. The molecule has 0 amide bonds. The molecular formula is C27H26N4OS. The van der Waals surface area contributed by atoms with Gasteiger partial charge in [-0.15, -0.1) is 0 Å². The van der Waals surface area contributed by atoms with Crippen LogP contribution in [-0.2, 0) is 0 Å². The van der Waals surface area contributed by atoms with Crippen LogP contribution in [0, 0.1) is 20.8 Å². The molecular weight excluding hydrogens is 428 g/mol. The Hall–Kier alpha value is -3.64. The van der Waals surface area contributed by atoms with Crippen molar-refractivity contribution in [2.45, 2.75) is 32.9 Å². The molecule has 2 aromatic carbocycles. The lowest BCUT2D eigenvalue weighted by molar-refractivity contribution is 0.472. The smallest absolute Gasteiger partial charge is 0.174 e. The van der Waals surface area contributed by atoms with Crippen molar-refractivity contribution in [1.82, 2.24) is 14.9 Å². The van der Waals surface area contributed by atoms with E-state index < -0.39 is 0 Å². The van der Waals surface area contributed by atoms with E-state index in [2.05, 4.69) is 66.0 Å². The molecule has 5 rings (SSSR count). The third kappa shape index (κ3) is 3.56. The first kappa shape index (κ1) is 21.2. The summed E-state index contributed by atoms with van der Waals surface area (Å²) in [5.41, 5.74) is 7.39. The third-order valence-electron chi connectivity index (χ3n) is 6.38. The van der Waals surface area contributed by atoms with Crippen molar-refractivity contribution in [3.63, 3.8) is 0 Å². The lowest BCUT2D eigenvalue weighted by Gasteiger charge is -2.28. The summed E-state index contributed by atoms with van der Waals surface area (Å²) in [5.74, 6) is 0.195. The number of aromatic hydroxyl groups is 1. The number of aryl methyl sites for hydroxylation is 2. The number of anilines is 1. The number of nitrogens with zero attached hydrogens (tertiary/aromatic N) is 3. The van der Waals surface area contributed by atoms with Gasteiger partial charge in [0.1, 0.15) is 5.75 Å². The monoisotopic (exact) mass is 454 g/mol. The predicted octanol–water partition coefficient (Wildman–Crippen LogP) is 5.68. The van der Waals surface area contributed by atoms with Crippen molar-refractivity contribution < 1.29 is 5.11 Å². The first-order chi connectivity index (χ1) is 16.0. The molecule has 1 aliphatic rings. The van der Waals surface area contributed by atoms with Crippen LogP contribution < -0.4 is 10.2 Å². The van der Waals surface area contributed by atoms with Crippen LogP contribution in [0.25, 0.3) is 5.69 Å². The van der Waals surface area contributed by atoms with Crippen LogP contribution in [0.5, 0.6) is 5.75 Å². The van der Waals surface area contributed by atoms with Crippen molar-refractivity contribution in [2.24, 2.45) is 0 Å². The number of thiocarbonyl (C=S) groups is 1. The van der Waals surface area contributed by atoms with Gasteiger partial charge in [0.2, 0.25) is 0 Å². The van der Waals surface area contributed by atoms with Gasteiger partial charge in [-0.1, -0.05) is 36.4 Å². The number of benzene rings is 2. The summed E-state index contributed by atoms with van der Waals surface area (Å²) in [7, 11) is 0. The fourth-order valence-electron chi connectivity index (χ4n) is 4.87. The van der Waals surface area contributed by atoms with Gasteiger partial charge in [0.15, 0.2) is 5.11 Å². The normalized spacial score (nSPS) is 17.9. The molecule has 33 heavy (non-hydrogen) atoms. The zero-order chi connectivity index (χ0) is 23.1. The van der Waals surface area contributed by atoms with Crippen LogP contribution in [0.15, 0.2) is 79.0 Å². The Labute approximate surface area is 199 Å². The maximum absolute atomic E-state index is 10.7. The number of hydrogen-bond donors (Lipinski definition) is 2. The van der Waals surface area contributed by atoms with Gasteiger partial charge < -0.3 is 19.9 Å². The number of phenolic OH excluding ortho intramolecular Hbond substituents is 1. The highest BCUT2D eigenvalue weighted by atomic mass is 32.1. The molecule has 166 valence electrons. The predicted molar refractivity (Wildman–Crippen MR) is 136 cm³/mol. The van der Waals surface area contributed by atoms with Crippen molar-refractivity contribution >= 4 is 23.0 Å². The fraction of sp³-hybridized carbons (Fsp3) is 0.185. The zero-order valence-corrected chi connectivity index (χ0v) is 19.7. The molecule has 0 unspecified atom stereocenters. The van der Waals surface area contributed by atoms with Gasteiger partial charge in [0, 0.05) is 23.3 Å². The molecule has 0 spiro atoms. The van der Waals surface area contributed by atoms with E-state index in [0.717, 1.165) is 28.3 Å². The lowest BCUT2D eigenvalue weighted by Crippen LogP contribution is -2.29. The summed E-state index contributed by atoms with van der Waals surface area (Å²) in [5, 5.41) is 14.7. The number of rotatable bonds is 4. The van der Waals surface area contributed by atoms with Crippen LogP contribution in [0.4, 0.5) is 5.69 Å². The molecule has 0 aliphatic carbocycles. The Bertz CT molecular complexity index is 1330. The molecule has 4 aromatic rings. The second kappa shape index (κ2) is 8.37. The topological polar surface area (TPSA) is 53.3 Å². The molecule has 0 bridgehead atoms. The van der Waals surface area contributed by atoms with E-state index in [1.807, 2.05) is 41.3 Å². The van der Waals surface area contributed by atoms with Crippen LogP contribution in [-0.4, -0.2) is 19.8 Å². The highest BCUT2D eigenvalue weighted by Crippen LogP contribution is 2.45. The summed E-state index contributed by atoms with van der Waals surface area (Å²) in [6.45, 7) is 6.41. The Morgan fingerprint density at radius 3 is 2.30 bits per heavy atom. The average Bonchev–Trinajstić information content (AvgIpc) is 3.30. The lowest BCUT2D eigenvalue weighted by atomic mass is 9.96. The van der Waals surface area contributed by atoms with Crippen molar-refractivity contribution in [2.75, 3.05) is 4.90 Å². The van der Waals surface area contributed by atoms with E-state index in [-0.39, 0.29) is 17.8 Å². The van der Waals surface area contributed by atoms with Crippen LogP contribution in [0.3, 0.4) is 0 Å². The third-order valence-corrected chi connectivity index (χ3v) is 6.70. The van der Waals surface area contributed by atoms with E-state index in [0.29, 0.717) is 10.8 Å². The zero-order valence-electron chi connectivity index (χ0n) is 18.9. The van der Waals surface area contributed by atoms with Gasteiger partial charge in [0.05, 0.1) is 23.5 Å². The summed E-state index contributed by atoms with van der Waals surface area (Å²) < 4.78 is 2.30. The van der Waals surface area contributed by atoms with E-state index in [1.54, 1.807) is 12.3 Å². The number of hydrogen-bond acceptors (Lipinski definition) is 3. The molecule has 2 aromatic heterocycles. The summed E-state index contributed by atoms with van der Waals surface area (Å²) >= 11 is 5.80. The quantitative estimate of drug-likeness (QED) is 0.389. The Balaban J connectivity index is 1.71. The maximum atomic E-state index is 10.7. The van der Waals surface area contributed by atoms with Crippen LogP contribution in [0.2, 0.25) is 0 Å². The second-order valence-electron chi connectivity index (χ2n) is 8.43. The summed E-state index contributed by atoms with van der Waals surface area (Å²) in [6.07, 6.45) is 1.80. The average molecular weight is 455 g/mol. The van der Waals surface area contributed by atoms with Gasteiger partial charge in [0.25, 0.3) is 0 Å². The first-order valence-electron chi connectivity index (χ1n) is 11.0. The Morgan fingerprint density at radius 2 is 1.61 bits per heavy atom. The second-order valence-corrected chi connectivity index (χ2v) is 8.82. The molecule has 3 heterocycles. The van der Waals surface area contributed by atoms with E-state index in [4.69, 9.17) is 12.2 Å². The van der Waals surface area contributed by atoms with Crippen LogP contribution >= 0.6 is 12.2 Å². The van der Waals surface area contributed by atoms with Crippen LogP contribution in [0.1, 0.15) is 40.3 Å². The maximum Gasteiger partial charge on any atom is 0.174 e. The van der Waals surface area contributed by atoms with E-state index in [9.17, 15) is 5.11 Å². The molecule has 1 aliphatic heterocycles. The van der Waals surface area contributed by atoms with Crippen molar-refractivity contribution in [3.05, 3.63) is 107 Å². The number of aromatic nitrogens is 2. The standard InChI is InChI=1S/C27H26N4OS/c1-17-10-4-5-12-22(17)30-18(2)16-20(19(30)3)26-25(21-11-8-9-15-28-21)29-27(33)31(26)23-13-6-7-14-24(23)32/h4-16,25-26,32H,1-3H3,(H,29,33)/t25-,26+/m0/s1. The molecule has 1 saturated heterocycles. The Kier molecular flexibility index (Phi) is 5.38. The molecule has 0 radical (unpaired) electrons. The van der Waals surface area contributed by atoms with Gasteiger partial charge in [-0.3, -0.25) is 4.98 Å². The largest absolute Gasteiger partial charge is 0.506 e. The molecule has 5 nitrogen and oxygen atoms in total. The number of para-hydroxylation sites is 3. The first-order valence-corrected chi connectivity index (χ1v) is 11.4. The van der Waals surface area contributed by atoms with Crippen molar-refractivity contribution in [3.8, 4) is 11.4 Å². The number of nitrogens with one attached hydrogen (secondary N) is 1. The highest BCUT2D eigenvalue weighted by Gasteiger charge is 2.43. The number of phenols is 1. The summed E-state index contributed by atoms with van der Waals surface area (Å²) in [6, 6.07) is 23.5. The molecule has 0 saturated carbocycles. The number of pyridine rings is 1. The molecule has 2 N–H and O–H groups in total. The molecule has 1 fully saturated rings.